The number of carbonyl (C=O) groups is 1. The molecule has 0 heterocycles. The molecule has 1 amide bonds. The molecule has 0 bridgehead atoms. The lowest BCUT2D eigenvalue weighted by molar-refractivity contribution is 0.0694. The zero-order valence-electron chi connectivity index (χ0n) is 10.4. The van der Waals surface area contributed by atoms with Crippen molar-refractivity contribution in [2.24, 2.45) is 5.73 Å². The zero-order valence-corrected chi connectivity index (χ0v) is 10.4. The number of carbonyl (C=O) groups excluding carboxylic acids is 1. The molecule has 17 heavy (non-hydrogen) atoms. The molecule has 0 aliphatic heterocycles. The molecule has 0 saturated carbocycles. The van der Waals surface area contributed by atoms with E-state index in [1.54, 1.807) is 19.9 Å². The van der Waals surface area contributed by atoms with E-state index in [2.05, 4.69) is 5.32 Å². The fourth-order valence-electron chi connectivity index (χ4n) is 1.51. The standard InChI is InChI=1S/C13H20N2O2/c1-13(2,17)9-15-12(16)11-6-4-3-5-10(11)7-8-14/h3-6,17H,7-9,14H2,1-2H3,(H,15,16). The highest BCUT2D eigenvalue weighted by Crippen LogP contribution is 2.09. The van der Waals surface area contributed by atoms with Crippen molar-refractivity contribution in [3.8, 4) is 0 Å². The fraction of sp³-hybridized carbons (Fsp3) is 0.462. The summed E-state index contributed by atoms with van der Waals surface area (Å²) in [6, 6.07) is 7.37. The van der Waals surface area contributed by atoms with E-state index < -0.39 is 5.60 Å². The summed E-state index contributed by atoms with van der Waals surface area (Å²) in [6.45, 7) is 4.04. The quantitative estimate of drug-likeness (QED) is 0.704. The Bertz CT molecular complexity index is 383. The summed E-state index contributed by atoms with van der Waals surface area (Å²) in [4.78, 5) is 11.9. The Hall–Kier alpha value is -1.39. The van der Waals surface area contributed by atoms with Crippen LogP contribution in [0.5, 0.6) is 0 Å². The van der Waals surface area contributed by atoms with Gasteiger partial charge in [0.1, 0.15) is 0 Å². The maximum absolute atomic E-state index is 11.9. The smallest absolute Gasteiger partial charge is 0.251 e. The third-order valence-corrected chi connectivity index (χ3v) is 2.36. The number of hydrogen-bond donors (Lipinski definition) is 3. The van der Waals surface area contributed by atoms with E-state index in [0.29, 0.717) is 18.5 Å². The van der Waals surface area contributed by atoms with Crippen LogP contribution in [0.25, 0.3) is 0 Å². The van der Waals surface area contributed by atoms with Crippen molar-refractivity contribution in [1.29, 1.82) is 0 Å². The van der Waals surface area contributed by atoms with E-state index in [0.717, 1.165) is 5.56 Å². The second-order valence-electron chi connectivity index (χ2n) is 4.69. The van der Waals surface area contributed by atoms with Crippen molar-refractivity contribution < 1.29 is 9.90 Å². The maximum Gasteiger partial charge on any atom is 0.251 e. The van der Waals surface area contributed by atoms with Crippen molar-refractivity contribution in [3.63, 3.8) is 0 Å². The summed E-state index contributed by atoms with van der Waals surface area (Å²) in [5.41, 5.74) is 6.16. The van der Waals surface area contributed by atoms with Crippen LogP contribution in [0.4, 0.5) is 0 Å². The number of amides is 1. The Balaban J connectivity index is 2.74. The Morgan fingerprint density at radius 3 is 2.65 bits per heavy atom. The second kappa shape index (κ2) is 5.80. The fourth-order valence-corrected chi connectivity index (χ4v) is 1.51. The molecule has 94 valence electrons. The monoisotopic (exact) mass is 236 g/mol. The number of nitrogens with one attached hydrogen (secondary N) is 1. The first-order chi connectivity index (χ1) is 7.94. The van der Waals surface area contributed by atoms with Gasteiger partial charge in [-0.05, 0) is 38.4 Å². The highest BCUT2D eigenvalue weighted by molar-refractivity contribution is 5.95. The Labute approximate surface area is 102 Å². The maximum atomic E-state index is 11.9. The lowest BCUT2D eigenvalue weighted by Gasteiger charge is -2.18. The van der Waals surface area contributed by atoms with Crippen LogP contribution in [-0.2, 0) is 6.42 Å². The second-order valence-corrected chi connectivity index (χ2v) is 4.69. The Morgan fingerprint density at radius 1 is 1.41 bits per heavy atom. The summed E-state index contributed by atoms with van der Waals surface area (Å²) in [7, 11) is 0. The number of hydrogen-bond acceptors (Lipinski definition) is 3. The number of nitrogens with two attached hydrogens (primary N) is 1. The Kier molecular flexibility index (Phi) is 4.66. The lowest BCUT2D eigenvalue weighted by atomic mass is 10.0. The van der Waals surface area contributed by atoms with E-state index >= 15 is 0 Å². The molecule has 4 heteroatoms. The largest absolute Gasteiger partial charge is 0.389 e. The predicted octanol–water partition coefficient (Wildman–Crippen LogP) is 0.689. The van der Waals surface area contributed by atoms with Gasteiger partial charge in [0, 0.05) is 12.1 Å². The number of aliphatic hydroxyl groups is 1. The minimum Gasteiger partial charge on any atom is -0.389 e. The minimum atomic E-state index is -0.904. The van der Waals surface area contributed by atoms with Gasteiger partial charge in [0.25, 0.3) is 5.91 Å². The molecular weight excluding hydrogens is 216 g/mol. The summed E-state index contributed by atoms with van der Waals surface area (Å²) >= 11 is 0. The molecular formula is C13H20N2O2. The molecule has 0 saturated heterocycles. The van der Waals surface area contributed by atoms with Crippen molar-refractivity contribution >= 4 is 5.91 Å². The van der Waals surface area contributed by atoms with E-state index in [4.69, 9.17) is 5.73 Å². The molecule has 4 N–H and O–H groups in total. The topological polar surface area (TPSA) is 75.3 Å². The predicted molar refractivity (Wildman–Crippen MR) is 67.8 cm³/mol. The number of rotatable bonds is 5. The van der Waals surface area contributed by atoms with Crippen LogP contribution in [0.2, 0.25) is 0 Å². The van der Waals surface area contributed by atoms with Crippen LogP contribution in [0.1, 0.15) is 29.8 Å². The van der Waals surface area contributed by atoms with Gasteiger partial charge in [0.15, 0.2) is 0 Å². The van der Waals surface area contributed by atoms with E-state index in [9.17, 15) is 9.90 Å². The minimum absolute atomic E-state index is 0.170. The molecule has 0 unspecified atom stereocenters. The van der Waals surface area contributed by atoms with Crippen LogP contribution in [0.15, 0.2) is 24.3 Å². The van der Waals surface area contributed by atoms with Crippen LogP contribution in [-0.4, -0.2) is 29.7 Å². The summed E-state index contributed by atoms with van der Waals surface area (Å²) in [5, 5.41) is 12.3. The van der Waals surface area contributed by atoms with Gasteiger partial charge < -0.3 is 16.2 Å². The molecule has 4 nitrogen and oxygen atoms in total. The normalized spacial score (nSPS) is 11.3. The summed E-state index contributed by atoms with van der Waals surface area (Å²) in [6.07, 6.45) is 0.673. The summed E-state index contributed by atoms with van der Waals surface area (Å²) < 4.78 is 0. The van der Waals surface area contributed by atoms with Gasteiger partial charge in [0.05, 0.1) is 5.60 Å². The van der Waals surface area contributed by atoms with Gasteiger partial charge in [-0.1, -0.05) is 18.2 Å². The van der Waals surface area contributed by atoms with Gasteiger partial charge in [-0.25, -0.2) is 0 Å². The van der Waals surface area contributed by atoms with Crippen LogP contribution in [0.3, 0.4) is 0 Å². The number of benzene rings is 1. The summed E-state index contributed by atoms with van der Waals surface area (Å²) in [5.74, 6) is -0.170. The molecule has 0 aliphatic rings. The third kappa shape index (κ3) is 4.54. The molecule has 1 aromatic carbocycles. The van der Waals surface area contributed by atoms with Crippen LogP contribution in [0, 0.1) is 0 Å². The van der Waals surface area contributed by atoms with Gasteiger partial charge >= 0.3 is 0 Å². The van der Waals surface area contributed by atoms with Gasteiger partial charge in [0.2, 0.25) is 0 Å². The Morgan fingerprint density at radius 2 is 2.06 bits per heavy atom. The zero-order chi connectivity index (χ0) is 12.9. The van der Waals surface area contributed by atoms with E-state index in [1.165, 1.54) is 0 Å². The average molecular weight is 236 g/mol. The third-order valence-electron chi connectivity index (χ3n) is 2.36. The van der Waals surface area contributed by atoms with E-state index in [1.807, 2.05) is 18.2 Å². The molecule has 0 atom stereocenters. The first kappa shape index (κ1) is 13.7. The van der Waals surface area contributed by atoms with E-state index in [-0.39, 0.29) is 12.5 Å². The van der Waals surface area contributed by atoms with Gasteiger partial charge in [-0.3, -0.25) is 4.79 Å². The molecule has 0 spiro atoms. The first-order valence-corrected chi connectivity index (χ1v) is 5.72. The molecule has 0 radical (unpaired) electrons. The van der Waals surface area contributed by atoms with Gasteiger partial charge in [-0.15, -0.1) is 0 Å². The van der Waals surface area contributed by atoms with Crippen molar-refractivity contribution in [3.05, 3.63) is 35.4 Å². The van der Waals surface area contributed by atoms with Crippen molar-refractivity contribution in [2.75, 3.05) is 13.1 Å². The molecule has 1 rings (SSSR count). The molecule has 0 fully saturated rings. The molecule has 0 aromatic heterocycles. The van der Waals surface area contributed by atoms with Crippen molar-refractivity contribution in [1.82, 2.24) is 5.32 Å². The first-order valence-electron chi connectivity index (χ1n) is 5.72. The molecule has 1 aromatic rings. The average Bonchev–Trinajstić information content (AvgIpc) is 2.26. The highest BCUT2D eigenvalue weighted by atomic mass is 16.3. The van der Waals surface area contributed by atoms with Crippen LogP contribution >= 0.6 is 0 Å². The van der Waals surface area contributed by atoms with Crippen molar-refractivity contribution in [2.45, 2.75) is 25.9 Å². The van der Waals surface area contributed by atoms with Crippen LogP contribution < -0.4 is 11.1 Å². The highest BCUT2D eigenvalue weighted by Gasteiger charge is 2.16. The lowest BCUT2D eigenvalue weighted by Crippen LogP contribution is -2.38. The molecule has 0 aliphatic carbocycles. The SMILES string of the molecule is CC(C)(O)CNC(=O)c1ccccc1CCN. The van der Waals surface area contributed by atoms with Gasteiger partial charge in [-0.2, -0.15) is 0 Å².